The summed E-state index contributed by atoms with van der Waals surface area (Å²) in [5, 5.41) is 0.840. The summed E-state index contributed by atoms with van der Waals surface area (Å²) in [4.78, 5) is 5.25. The lowest BCUT2D eigenvalue weighted by molar-refractivity contribution is 0.0486. The standard InChI is InChI=1S/C19H27ClN2O/c20-17-5-3-16(4-6-17)19(7-8-19)15-22-11-9-21(10-12-22)14-18-2-1-13-23-18/h3-6,18H,1-2,7-15H2. The lowest BCUT2D eigenvalue weighted by Gasteiger charge is -2.37. The second-order valence-electron chi connectivity index (χ2n) is 7.50. The van der Waals surface area contributed by atoms with Crippen LogP contribution in [-0.2, 0) is 10.2 Å². The van der Waals surface area contributed by atoms with Crippen LogP contribution in [-0.4, -0.2) is 61.8 Å². The first-order valence-corrected chi connectivity index (χ1v) is 9.44. The molecule has 1 saturated carbocycles. The molecule has 126 valence electrons. The smallest absolute Gasteiger partial charge is 0.0702 e. The van der Waals surface area contributed by atoms with Crippen LogP contribution in [0, 0.1) is 0 Å². The molecule has 3 fully saturated rings. The fourth-order valence-corrected chi connectivity index (χ4v) is 4.25. The third kappa shape index (κ3) is 3.74. The zero-order valence-corrected chi connectivity index (χ0v) is 14.6. The van der Waals surface area contributed by atoms with E-state index in [-0.39, 0.29) is 0 Å². The fraction of sp³-hybridized carbons (Fsp3) is 0.684. The van der Waals surface area contributed by atoms with E-state index < -0.39 is 0 Å². The van der Waals surface area contributed by atoms with E-state index in [0.29, 0.717) is 11.5 Å². The van der Waals surface area contributed by atoms with Crippen LogP contribution in [0.5, 0.6) is 0 Å². The number of benzene rings is 1. The molecule has 2 saturated heterocycles. The molecule has 0 radical (unpaired) electrons. The molecule has 2 heterocycles. The van der Waals surface area contributed by atoms with E-state index in [1.165, 1.54) is 64.0 Å². The second kappa shape index (κ2) is 6.72. The topological polar surface area (TPSA) is 15.7 Å². The van der Waals surface area contributed by atoms with Crippen molar-refractivity contribution in [2.75, 3.05) is 45.9 Å². The van der Waals surface area contributed by atoms with Crippen molar-refractivity contribution in [1.29, 1.82) is 0 Å². The van der Waals surface area contributed by atoms with E-state index in [2.05, 4.69) is 21.9 Å². The Morgan fingerprint density at radius 3 is 2.35 bits per heavy atom. The number of hydrogen-bond donors (Lipinski definition) is 0. The minimum absolute atomic E-state index is 0.404. The predicted molar refractivity (Wildman–Crippen MR) is 94.2 cm³/mol. The van der Waals surface area contributed by atoms with Gasteiger partial charge in [-0.2, -0.15) is 0 Å². The molecule has 1 aromatic carbocycles. The molecule has 3 aliphatic rings. The summed E-state index contributed by atoms with van der Waals surface area (Å²) in [6, 6.07) is 8.53. The monoisotopic (exact) mass is 334 g/mol. The van der Waals surface area contributed by atoms with Gasteiger partial charge in [-0.05, 0) is 43.4 Å². The molecule has 2 aliphatic heterocycles. The number of piperazine rings is 1. The number of hydrogen-bond acceptors (Lipinski definition) is 3. The molecule has 23 heavy (non-hydrogen) atoms. The van der Waals surface area contributed by atoms with E-state index in [4.69, 9.17) is 16.3 Å². The summed E-state index contributed by atoms with van der Waals surface area (Å²) in [7, 11) is 0. The van der Waals surface area contributed by atoms with Gasteiger partial charge in [-0.25, -0.2) is 0 Å². The van der Waals surface area contributed by atoms with E-state index in [0.717, 1.165) is 18.2 Å². The van der Waals surface area contributed by atoms with E-state index in [1.807, 2.05) is 12.1 Å². The molecule has 4 rings (SSSR count). The maximum Gasteiger partial charge on any atom is 0.0702 e. The molecule has 1 aliphatic carbocycles. The van der Waals surface area contributed by atoms with Crippen molar-refractivity contribution in [3.63, 3.8) is 0 Å². The largest absolute Gasteiger partial charge is 0.377 e. The fourth-order valence-electron chi connectivity index (χ4n) is 4.13. The van der Waals surface area contributed by atoms with Crippen LogP contribution in [0.2, 0.25) is 5.02 Å². The van der Waals surface area contributed by atoms with Crippen LogP contribution in [0.1, 0.15) is 31.2 Å². The first-order valence-electron chi connectivity index (χ1n) is 9.06. The Labute approximate surface area is 144 Å². The van der Waals surface area contributed by atoms with E-state index >= 15 is 0 Å². The van der Waals surface area contributed by atoms with Gasteiger partial charge in [0.2, 0.25) is 0 Å². The van der Waals surface area contributed by atoms with Gasteiger partial charge in [0, 0.05) is 56.3 Å². The Balaban J connectivity index is 1.28. The van der Waals surface area contributed by atoms with Gasteiger partial charge in [0.15, 0.2) is 0 Å². The number of ether oxygens (including phenoxy) is 1. The van der Waals surface area contributed by atoms with Gasteiger partial charge in [0.05, 0.1) is 6.10 Å². The molecule has 1 unspecified atom stereocenters. The van der Waals surface area contributed by atoms with E-state index in [1.54, 1.807) is 0 Å². The maximum absolute atomic E-state index is 6.03. The van der Waals surface area contributed by atoms with Crippen molar-refractivity contribution in [1.82, 2.24) is 9.80 Å². The summed E-state index contributed by atoms with van der Waals surface area (Å²) in [6.07, 6.45) is 5.63. The van der Waals surface area contributed by atoms with Gasteiger partial charge in [-0.3, -0.25) is 9.80 Å². The van der Waals surface area contributed by atoms with Gasteiger partial charge >= 0.3 is 0 Å². The Bertz CT molecular complexity index is 515. The average molecular weight is 335 g/mol. The van der Waals surface area contributed by atoms with Crippen molar-refractivity contribution in [3.8, 4) is 0 Å². The number of halogens is 1. The first-order chi connectivity index (χ1) is 11.2. The molecule has 0 amide bonds. The van der Waals surface area contributed by atoms with Gasteiger partial charge in [0.1, 0.15) is 0 Å². The average Bonchev–Trinajstić information content (AvgIpc) is 3.16. The second-order valence-corrected chi connectivity index (χ2v) is 7.94. The van der Waals surface area contributed by atoms with Gasteiger partial charge < -0.3 is 4.74 Å². The SMILES string of the molecule is Clc1ccc(C2(CN3CCN(CC4CCCO4)CC3)CC2)cc1. The summed E-state index contributed by atoms with van der Waals surface area (Å²) < 4.78 is 5.77. The molecule has 0 aromatic heterocycles. The third-order valence-corrected chi connectivity index (χ3v) is 6.04. The highest BCUT2D eigenvalue weighted by Crippen LogP contribution is 2.49. The quantitative estimate of drug-likeness (QED) is 0.822. The zero-order valence-electron chi connectivity index (χ0n) is 13.8. The Morgan fingerprint density at radius 1 is 1.04 bits per heavy atom. The lowest BCUT2D eigenvalue weighted by atomic mass is 9.95. The van der Waals surface area contributed by atoms with Gasteiger partial charge in [-0.1, -0.05) is 23.7 Å². The minimum atomic E-state index is 0.404. The summed E-state index contributed by atoms with van der Waals surface area (Å²) in [5.41, 5.74) is 1.88. The molecule has 4 heteroatoms. The van der Waals surface area contributed by atoms with Crippen molar-refractivity contribution in [2.24, 2.45) is 0 Å². The van der Waals surface area contributed by atoms with Crippen LogP contribution >= 0.6 is 11.6 Å². The Kier molecular flexibility index (Phi) is 4.64. The Morgan fingerprint density at radius 2 is 1.74 bits per heavy atom. The lowest BCUT2D eigenvalue weighted by Crippen LogP contribution is -2.50. The predicted octanol–water partition coefficient (Wildman–Crippen LogP) is 3.17. The maximum atomic E-state index is 6.03. The van der Waals surface area contributed by atoms with Crippen molar-refractivity contribution < 1.29 is 4.74 Å². The highest BCUT2D eigenvalue weighted by atomic mass is 35.5. The molecule has 0 N–H and O–H groups in total. The van der Waals surface area contributed by atoms with Crippen molar-refractivity contribution >= 4 is 11.6 Å². The van der Waals surface area contributed by atoms with Crippen molar-refractivity contribution in [2.45, 2.75) is 37.2 Å². The third-order valence-electron chi connectivity index (χ3n) is 5.79. The van der Waals surface area contributed by atoms with Gasteiger partial charge in [0.25, 0.3) is 0 Å². The van der Waals surface area contributed by atoms with Crippen LogP contribution < -0.4 is 0 Å². The van der Waals surface area contributed by atoms with Crippen LogP contribution in [0.15, 0.2) is 24.3 Å². The molecule has 1 atom stereocenters. The highest BCUT2D eigenvalue weighted by molar-refractivity contribution is 6.30. The zero-order chi connectivity index (χ0) is 15.7. The van der Waals surface area contributed by atoms with Crippen molar-refractivity contribution in [3.05, 3.63) is 34.9 Å². The summed E-state index contributed by atoms with van der Waals surface area (Å²) >= 11 is 6.03. The molecule has 0 bridgehead atoms. The molecule has 1 aromatic rings. The first kappa shape index (κ1) is 15.9. The molecular weight excluding hydrogens is 308 g/mol. The summed E-state index contributed by atoms with van der Waals surface area (Å²) in [6.45, 7) is 8.09. The highest BCUT2D eigenvalue weighted by Gasteiger charge is 2.45. The van der Waals surface area contributed by atoms with E-state index in [9.17, 15) is 0 Å². The summed E-state index contributed by atoms with van der Waals surface area (Å²) in [5.74, 6) is 0. The normalized spacial score (nSPS) is 28.1. The van der Waals surface area contributed by atoms with Crippen LogP contribution in [0.3, 0.4) is 0 Å². The van der Waals surface area contributed by atoms with Crippen LogP contribution in [0.4, 0.5) is 0 Å². The molecule has 0 spiro atoms. The number of rotatable bonds is 5. The molecule has 3 nitrogen and oxygen atoms in total. The number of nitrogens with zero attached hydrogens (tertiary/aromatic N) is 2. The van der Waals surface area contributed by atoms with Crippen LogP contribution in [0.25, 0.3) is 0 Å². The molecular formula is C19H27ClN2O. The minimum Gasteiger partial charge on any atom is -0.377 e. The Hall–Kier alpha value is -0.610. The van der Waals surface area contributed by atoms with Gasteiger partial charge in [-0.15, -0.1) is 0 Å².